The van der Waals surface area contributed by atoms with Crippen LogP contribution < -0.4 is 10.1 Å². The van der Waals surface area contributed by atoms with Crippen molar-refractivity contribution in [1.82, 2.24) is 5.32 Å². The average Bonchev–Trinajstić information content (AvgIpc) is 3.21. The molecule has 0 spiro atoms. The van der Waals surface area contributed by atoms with Gasteiger partial charge in [0.2, 0.25) is 0 Å². The molecule has 2 fully saturated rings. The fraction of sp³-hybridized carbons (Fsp3) is 0.667. The Balaban J connectivity index is 1.55. The number of fused-ring (bicyclic) bond motifs is 1. The maximum atomic E-state index is 6.03. The van der Waals surface area contributed by atoms with Crippen molar-refractivity contribution in [3.8, 4) is 5.75 Å². The van der Waals surface area contributed by atoms with Crippen molar-refractivity contribution in [2.75, 3.05) is 13.2 Å². The van der Waals surface area contributed by atoms with Crippen molar-refractivity contribution in [2.24, 2.45) is 5.92 Å². The molecule has 1 heterocycles. The molecular formula is C18H25NO. The first-order valence-corrected chi connectivity index (χ1v) is 8.40. The van der Waals surface area contributed by atoms with Gasteiger partial charge in [-0.1, -0.05) is 24.6 Å². The highest BCUT2D eigenvalue weighted by Gasteiger charge is 2.33. The van der Waals surface area contributed by atoms with Crippen molar-refractivity contribution in [3.63, 3.8) is 0 Å². The normalized spacial score (nSPS) is 29.0. The molecule has 1 aromatic rings. The van der Waals surface area contributed by atoms with Gasteiger partial charge in [0.25, 0.3) is 0 Å². The fourth-order valence-electron chi connectivity index (χ4n) is 4.00. The van der Waals surface area contributed by atoms with Gasteiger partial charge in [-0.15, -0.1) is 0 Å². The van der Waals surface area contributed by atoms with E-state index in [1.54, 1.807) is 0 Å². The second-order valence-corrected chi connectivity index (χ2v) is 6.77. The van der Waals surface area contributed by atoms with Crippen molar-refractivity contribution >= 4 is 0 Å². The topological polar surface area (TPSA) is 21.3 Å². The van der Waals surface area contributed by atoms with Crippen molar-refractivity contribution in [1.29, 1.82) is 0 Å². The molecule has 4 rings (SSSR count). The molecule has 0 saturated heterocycles. The zero-order valence-corrected chi connectivity index (χ0v) is 12.2. The van der Waals surface area contributed by atoms with Crippen molar-refractivity contribution < 1.29 is 4.74 Å². The standard InChI is InChI=1S/C18H25NO/c1-4-13-6-3-11-20-18(13)17(8-1)16-7-2-5-14(16)12-19-15-9-10-15/h1,4,8,14-16,19H,2-3,5-7,9-12H2. The Kier molecular flexibility index (Phi) is 3.43. The van der Waals surface area contributed by atoms with E-state index in [1.165, 1.54) is 68.4 Å². The number of para-hydroxylation sites is 1. The predicted molar refractivity (Wildman–Crippen MR) is 81.4 cm³/mol. The predicted octanol–water partition coefficient (Wildman–Crippen LogP) is 3.65. The first-order valence-electron chi connectivity index (χ1n) is 8.40. The monoisotopic (exact) mass is 271 g/mol. The minimum Gasteiger partial charge on any atom is -0.493 e. The smallest absolute Gasteiger partial charge is 0.125 e. The molecule has 0 aromatic heterocycles. The van der Waals surface area contributed by atoms with Gasteiger partial charge in [-0.25, -0.2) is 0 Å². The molecule has 2 unspecified atom stereocenters. The SMILES string of the molecule is c1cc2c(c(C3CCCC3CNC3CC3)c1)OCCC2. The average molecular weight is 271 g/mol. The second kappa shape index (κ2) is 5.40. The van der Waals surface area contributed by atoms with Crippen LogP contribution in [0.3, 0.4) is 0 Å². The molecule has 3 aliphatic rings. The van der Waals surface area contributed by atoms with Gasteiger partial charge in [-0.3, -0.25) is 0 Å². The van der Waals surface area contributed by atoms with E-state index in [0.717, 1.165) is 18.6 Å². The van der Waals surface area contributed by atoms with Gasteiger partial charge in [0, 0.05) is 6.04 Å². The highest BCUT2D eigenvalue weighted by molar-refractivity contribution is 5.45. The highest BCUT2D eigenvalue weighted by Crippen LogP contribution is 2.45. The molecule has 2 atom stereocenters. The van der Waals surface area contributed by atoms with Crippen LogP contribution in [0.4, 0.5) is 0 Å². The van der Waals surface area contributed by atoms with Gasteiger partial charge in [0.15, 0.2) is 0 Å². The van der Waals surface area contributed by atoms with Gasteiger partial charge in [-0.05, 0) is 68.0 Å². The van der Waals surface area contributed by atoms with Crippen molar-refractivity contribution in [2.45, 2.75) is 56.9 Å². The zero-order valence-electron chi connectivity index (χ0n) is 12.2. The Labute approximate surface area is 121 Å². The summed E-state index contributed by atoms with van der Waals surface area (Å²) in [5.74, 6) is 2.77. The third-order valence-corrected chi connectivity index (χ3v) is 5.27. The molecule has 108 valence electrons. The van der Waals surface area contributed by atoms with Crippen LogP contribution in [0.15, 0.2) is 18.2 Å². The quantitative estimate of drug-likeness (QED) is 0.902. The van der Waals surface area contributed by atoms with Gasteiger partial charge in [-0.2, -0.15) is 0 Å². The first-order chi connectivity index (χ1) is 9.92. The summed E-state index contributed by atoms with van der Waals surface area (Å²) in [6.07, 6.45) is 9.26. The number of aryl methyl sites for hydroxylation is 1. The van der Waals surface area contributed by atoms with Crippen LogP contribution in [0, 0.1) is 5.92 Å². The van der Waals surface area contributed by atoms with E-state index in [1.807, 2.05) is 0 Å². The van der Waals surface area contributed by atoms with Gasteiger partial charge >= 0.3 is 0 Å². The van der Waals surface area contributed by atoms with Crippen LogP contribution in [-0.4, -0.2) is 19.2 Å². The Morgan fingerprint density at radius 1 is 1.10 bits per heavy atom. The number of ether oxygens (including phenoxy) is 1. The Morgan fingerprint density at radius 3 is 2.95 bits per heavy atom. The zero-order chi connectivity index (χ0) is 13.4. The third-order valence-electron chi connectivity index (χ3n) is 5.27. The van der Waals surface area contributed by atoms with Gasteiger partial charge in [0.05, 0.1) is 6.61 Å². The van der Waals surface area contributed by atoms with Crippen LogP contribution in [0.5, 0.6) is 5.75 Å². The fourth-order valence-corrected chi connectivity index (χ4v) is 4.00. The summed E-state index contributed by atoms with van der Waals surface area (Å²) >= 11 is 0. The Morgan fingerprint density at radius 2 is 2.05 bits per heavy atom. The summed E-state index contributed by atoms with van der Waals surface area (Å²) in [6.45, 7) is 2.11. The molecule has 0 bridgehead atoms. The second-order valence-electron chi connectivity index (χ2n) is 6.77. The lowest BCUT2D eigenvalue weighted by molar-refractivity contribution is 0.280. The van der Waals surface area contributed by atoms with E-state index in [2.05, 4.69) is 23.5 Å². The summed E-state index contributed by atoms with van der Waals surface area (Å²) in [5, 5.41) is 3.74. The van der Waals surface area contributed by atoms with Crippen molar-refractivity contribution in [3.05, 3.63) is 29.3 Å². The lowest BCUT2D eigenvalue weighted by Crippen LogP contribution is -2.26. The Hall–Kier alpha value is -1.02. The maximum Gasteiger partial charge on any atom is 0.125 e. The maximum absolute atomic E-state index is 6.03. The minimum absolute atomic E-state index is 0.717. The van der Waals surface area contributed by atoms with Crippen LogP contribution in [-0.2, 0) is 6.42 Å². The van der Waals surface area contributed by atoms with Crippen LogP contribution in [0.2, 0.25) is 0 Å². The Bertz CT molecular complexity index is 480. The van der Waals surface area contributed by atoms with Crippen LogP contribution >= 0.6 is 0 Å². The number of nitrogens with one attached hydrogen (secondary N) is 1. The molecule has 1 aromatic carbocycles. The summed E-state index contributed by atoms with van der Waals surface area (Å²) in [7, 11) is 0. The van der Waals surface area contributed by atoms with Gasteiger partial charge < -0.3 is 10.1 Å². The molecule has 2 heteroatoms. The summed E-state index contributed by atoms with van der Waals surface area (Å²) in [4.78, 5) is 0. The molecule has 1 aliphatic heterocycles. The number of benzene rings is 1. The van der Waals surface area contributed by atoms with E-state index < -0.39 is 0 Å². The molecule has 0 amide bonds. The molecule has 1 N–H and O–H groups in total. The number of rotatable bonds is 4. The largest absolute Gasteiger partial charge is 0.493 e. The minimum atomic E-state index is 0.717. The highest BCUT2D eigenvalue weighted by atomic mass is 16.5. The van der Waals surface area contributed by atoms with E-state index in [9.17, 15) is 0 Å². The van der Waals surface area contributed by atoms with Gasteiger partial charge in [0.1, 0.15) is 5.75 Å². The summed E-state index contributed by atoms with van der Waals surface area (Å²) < 4.78 is 6.03. The lowest BCUT2D eigenvalue weighted by atomic mass is 9.86. The van der Waals surface area contributed by atoms with Crippen LogP contribution in [0.1, 0.15) is 55.6 Å². The molecule has 2 aliphatic carbocycles. The first kappa shape index (κ1) is 12.7. The van der Waals surface area contributed by atoms with E-state index in [4.69, 9.17) is 4.74 Å². The molecule has 2 nitrogen and oxygen atoms in total. The van der Waals surface area contributed by atoms with E-state index in [-0.39, 0.29) is 0 Å². The lowest BCUT2D eigenvalue weighted by Gasteiger charge is -2.26. The molecule has 0 radical (unpaired) electrons. The molecule has 2 saturated carbocycles. The molecular weight excluding hydrogens is 246 g/mol. The van der Waals surface area contributed by atoms with E-state index in [0.29, 0.717) is 5.92 Å². The number of hydrogen-bond donors (Lipinski definition) is 1. The van der Waals surface area contributed by atoms with Crippen LogP contribution in [0.25, 0.3) is 0 Å². The van der Waals surface area contributed by atoms with E-state index >= 15 is 0 Å². The third kappa shape index (κ3) is 2.46. The number of hydrogen-bond acceptors (Lipinski definition) is 2. The summed E-state index contributed by atoms with van der Waals surface area (Å²) in [6, 6.07) is 7.65. The molecule has 20 heavy (non-hydrogen) atoms. The summed E-state index contributed by atoms with van der Waals surface area (Å²) in [5.41, 5.74) is 2.94.